The second kappa shape index (κ2) is 13.5. The quantitative estimate of drug-likeness (QED) is 0.413. The number of anilines is 1. The third-order valence-electron chi connectivity index (χ3n) is 7.37. The predicted octanol–water partition coefficient (Wildman–Crippen LogP) is 5.19. The van der Waals surface area contributed by atoms with Crippen molar-refractivity contribution in [3.63, 3.8) is 0 Å². The maximum absolute atomic E-state index is 13.4. The molecule has 7 nitrogen and oxygen atoms in total. The number of esters is 1. The fourth-order valence-corrected chi connectivity index (χ4v) is 5.45. The van der Waals surface area contributed by atoms with Crippen LogP contribution >= 0.6 is 0 Å². The molecule has 1 fully saturated rings. The highest BCUT2D eigenvalue weighted by Gasteiger charge is 2.32. The Hall–Kier alpha value is -3.06. The van der Waals surface area contributed by atoms with Gasteiger partial charge in [0.15, 0.2) is 0 Å². The largest absolute Gasteiger partial charge is 0.466 e. The van der Waals surface area contributed by atoms with Gasteiger partial charge in [-0.2, -0.15) is 0 Å². The topological polar surface area (TPSA) is 62.3 Å². The summed E-state index contributed by atoms with van der Waals surface area (Å²) >= 11 is 0. The van der Waals surface area contributed by atoms with Crippen molar-refractivity contribution >= 4 is 17.7 Å². The monoisotopic (exact) mass is 507 g/mol. The Balaban J connectivity index is 1.53. The highest BCUT2D eigenvalue weighted by atomic mass is 16.6. The van der Waals surface area contributed by atoms with Crippen LogP contribution in [0, 0.1) is 0 Å². The zero-order valence-corrected chi connectivity index (χ0v) is 22.4. The van der Waals surface area contributed by atoms with Crippen molar-refractivity contribution in [3.05, 3.63) is 65.2 Å². The summed E-state index contributed by atoms with van der Waals surface area (Å²) in [6, 6.07) is 16.3. The lowest BCUT2D eigenvalue weighted by Gasteiger charge is -2.38. The van der Waals surface area contributed by atoms with Gasteiger partial charge in [-0.25, -0.2) is 4.79 Å². The fraction of sp³-hybridized carbons (Fsp3) is 0.533. The van der Waals surface area contributed by atoms with Crippen molar-refractivity contribution in [1.29, 1.82) is 0 Å². The van der Waals surface area contributed by atoms with E-state index in [1.165, 1.54) is 23.2 Å². The highest BCUT2D eigenvalue weighted by molar-refractivity contribution is 5.72. The molecule has 7 heteroatoms. The van der Waals surface area contributed by atoms with Crippen LogP contribution in [-0.2, 0) is 27.3 Å². The first-order valence-corrected chi connectivity index (χ1v) is 13.8. The number of hydrogen-bond donors (Lipinski definition) is 0. The van der Waals surface area contributed by atoms with Crippen LogP contribution in [0.3, 0.4) is 0 Å². The Bertz CT molecular complexity index is 1020. The van der Waals surface area contributed by atoms with Crippen molar-refractivity contribution in [1.82, 2.24) is 9.80 Å². The summed E-state index contributed by atoms with van der Waals surface area (Å²) in [5.74, 6) is -0.293. The number of rotatable bonds is 10. The first-order valence-electron chi connectivity index (χ1n) is 13.8. The third-order valence-corrected chi connectivity index (χ3v) is 7.37. The average Bonchev–Trinajstić information content (AvgIpc) is 2.93. The lowest BCUT2D eigenvalue weighted by Crippen LogP contribution is -2.46. The molecule has 1 aliphatic heterocycles. The van der Waals surface area contributed by atoms with Gasteiger partial charge in [-0.15, -0.1) is 0 Å². The van der Waals surface area contributed by atoms with E-state index in [9.17, 15) is 9.59 Å². The van der Waals surface area contributed by atoms with Crippen molar-refractivity contribution in [2.24, 2.45) is 0 Å². The normalized spacial score (nSPS) is 17.7. The Morgan fingerprint density at radius 3 is 2.51 bits per heavy atom. The summed E-state index contributed by atoms with van der Waals surface area (Å²) in [5.41, 5.74) is 4.61. The van der Waals surface area contributed by atoms with E-state index in [4.69, 9.17) is 9.47 Å². The van der Waals surface area contributed by atoms with E-state index in [2.05, 4.69) is 34.9 Å². The van der Waals surface area contributed by atoms with Gasteiger partial charge < -0.3 is 19.3 Å². The van der Waals surface area contributed by atoms with Crippen molar-refractivity contribution in [2.45, 2.75) is 58.6 Å². The molecule has 37 heavy (non-hydrogen) atoms. The number of piperazine rings is 1. The molecule has 200 valence electrons. The van der Waals surface area contributed by atoms with Gasteiger partial charge in [-0.1, -0.05) is 43.3 Å². The minimum absolute atomic E-state index is 0.122. The van der Waals surface area contributed by atoms with E-state index in [1.54, 1.807) is 11.8 Å². The van der Waals surface area contributed by atoms with Gasteiger partial charge in [0.1, 0.15) is 6.61 Å². The summed E-state index contributed by atoms with van der Waals surface area (Å²) < 4.78 is 10.9. The second-order valence-electron chi connectivity index (χ2n) is 9.91. The summed E-state index contributed by atoms with van der Waals surface area (Å²) in [6.45, 7) is 10.2. The molecule has 0 spiro atoms. The van der Waals surface area contributed by atoms with E-state index in [-0.39, 0.29) is 37.7 Å². The molecular formula is C30H41N3O4. The molecule has 0 radical (unpaired) electrons. The molecule has 0 aromatic heterocycles. The van der Waals surface area contributed by atoms with Crippen molar-refractivity contribution in [2.75, 3.05) is 50.8 Å². The average molecular weight is 508 g/mol. The Morgan fingerprint density at radius 2 is 1.78 bits per heavy atom. The smallest absolute Gasteiger partial charge is 0.410 e. The van der Waals surface area contributed by atoms with E-state index >= 15 is 0 Å². The molecule has 2 aliphatic rings. The van der Waals surface area contributed by atoms with E-state index in [0.29, 0.717) is 6.61 Å². The lowest BCUT2D eigenvalue weighted by atomic mass is 9.86. The lowest BCUT2D eigenvalue weighted by molar-refractivity contribution is -0.143. The van der Waals surface area contributed by atoms with Gasteiger partial charge in [0, 0.05) is 38.4 Å². The minimum atomic E-state index is -0.385. The molecule has 2 aromatic carbocycles. The number of hydrogen-bond acceptors (Lipinski definition) is 6. The van der Waals surface area contributed by atoms with E-state index < -0.39 is 0 Å². The van der Waals surface area contributed by atoms with Gasteiger partial charge >= 0.3 is 12.1 Å². The van der Waals surface area contributed by atoms with Crippen LogP contribution in [-0.4, -0.2) is 67.7 Å². The molecule has 0 bridgehead atoms. The molecule has 1 aliphatic carbocycles. The van der Waals surface area contributed by atoms with Crippen LogP contribution in [0.4, 0.5) is 10.5 Å². The maximum Gasteiger partial charge on any atom is 0.410 e. The number of carbonyl (C=O) groups excluding carboxylic acids is 2. The fourth-order valence-electron chi connectivity index (χ4n) is 5.45. The van der Waals surface area contributed by atoms with Crippen molar-refractivity contribution in [3.8, 4) is 0 Å². The molecule has 4 rings (SSSR count). The second-order valence-corrected chi connectivity index (χ2v) is 9.91. The standard InChI is InChI=1S/C30H41N3O4/c1-3-16-31-18-20-32(21-19-31)26-14-13-25-11-8-12-28(27(25)22-26)33(17-15-29(34)36-4-2)30(35)37-23-24-9-6-5-7-10-24/h5-7,9-10,13-14,22,28H,3-4,8,11-12,15-21,23H2,1-2H3. The highest BCUT2D eigenvalue weighted by Crippen LogP contribution is 2.37. The zero-order valence-electron chi connectivity index (χ0n) is 22.4. The molecule has 1 atom stereocenters. The maximum atomic E-state index is 13.4. The molecule has 1 saturated heterocycles. The zero-order chi connectivity index (χ0) is 26.0. The molecule has 0 N–H and O–H groups in total. The molecular weight excluding hydrogens is 466 g/mol. The summed E-state index contributed by atoms with van der Waals surface area (Å²) in [5, 5.41) is 0. The number of ether oxygens (including phenoxy) is 2. The number of fused-ring (bicyclic) bond motifs is 1. The van der Waals surface area contributed by atoms with Crippen LogP contribution in [0.2, 0.25) is 0 Å². The number of carbonyl (C=O) groups is 2. The predicted molar refractivity (Wildman–Crippen MR) is 146 cm³/mol. The SMILES string of the molecule is CCCN1CCN(c2ccc3c(c2)C(N(CCC(=O)OCC)C(=O)OCc2ccccc2)CCC3)CC1. The van der Waals surface area contributed by atoms with E-state index in [1.807, 2.05) is 30.3 Å². The van der Waals surface area contributed by atoms with Crippen LogP contribution in [0.1, 0.15) is 62.3 Å². The van der Waals surface area contributed by atoms with Crippen molar-refractivity contribution < 1.29 is 19.1 Å². The minimum Gasteiger partial charge on any atom is -0.466 e. The number of aryl methyl sites for hydroxylation is 1. The molecule has 1 amide bonds. The third kappa shape index (κ3) is 7.25. The first kappa shape index (κ1) is 27.0. The van der Waals surface area contributed by atoms with Crippen LogP contribution in [0.15, 0.2) is 48.5 Å². The van der Waals surface area contributed by atoms with Crippen LogP contribution in [0.25, 0.3) is 0 Å². The molecule has 0 saturated carbocycles. The van der Waals surface area contributed by atoms with Gasteiger partial charge in [0.05, 0.1) is 19.1 Å². The van der Waals surface area contributed by atoms with Crippen LogP contribution in [0.5, 0.6) is 0 Å². The molecule has 1 unspecified atom stereocenters. The van der Waals surface area contributed by atoms with Gasteiger partial charge in [-0.05, 0) is 68.0 Å². The summed E-state index contributed by atoms with van der Waals surface area (Å²) in [6.07, 6.45) is 3.80. The van der Waals surface area contributed by atoms with E-state index in [0.717, 1.165) is 57.5 Å². The first-order chi connectivity index (χ1) is 18.1. The van der Waals surface area contributed by atoms with Gasteiger partial charge in [-0.3, -0.25) is 9.69 Å². The number of nitrogens with zero attached hydrogens (tertiary/aromatic N) is 3. The van der Waals surface area contributed by atoms with Gasteiger partial charge in [0.2, 0.25) is 0 Å². The van der Waals surface area contributed by atoms with Crippen LogP contribution < -0.4 is 4.90 Å². The molecule has 1 heterocycles. The number of amides is 1. The summed E-state index contributed by atoms with van der Waals surface area (Å²) in [7, 11) is 0. The number of benzene rings is 2. The molecule has 2 aromatic rings. The Labute approximate surface area is 221 Å². The summed E-state index contributed by atoms with van der Waals surface area (Å²) in [4.78, 5) is 32.3. The Morgan fingerprint density at radius 1 is 1.00 bits per heavy atom. The van der Waals surface area contributed by atoms with Gasteiger partial charge in [0.25, 0.3) is 0 Å². The Kier molecular flexibility index (Phi) is 9.83.